The average Bonchev–Trinajstić information content (AvgIpc) is 3.19. The Hall–Kier alpha value is -2.43. The Kier molecular flexibility index (Phi) is 8.46. The van der Waals surface area contributed by atoms with Gasteiger partial charge < -0.3 is 14.6 Å². The number of hydrogen-bond donors (Lipinski definition) is 1. The predicted octanol–water partition coefficient (Wildman–Crippen LogP) is 4.85. The third-order valence-electron chi connectivity index (χ3n) is 5.80. The fourth-order valence-electron chi connectivity index (χ4n) is 4.13. The van der Waals surface area contributed by atoms with Gasteiger partial charge in [0.2, 0.25) is 5.91 Å². The van der Waals surface area contributed by atoms with Gasteiger partial charge in [-0.2, -0.15) is 4.99 Å². The molecular weight excluding hydrogens is 502 g/mol. The SMILES string of the molecule is CCOC(=O)c1c(NC(=O)CSCC(=O)N=c2sc3cc(C)ccc3n2C)sc2c1CCCCC2. The van der Waals surface area contributed by atoms with Crippen molar-refractivity contribution >= 4 is 67.4 Å². The Bertz CT molecular complexity index is 1340. The molecule has 0 spiro atoms. The number of amides is 2. The Morgan fingerprint density at radius 1 is 1.14 bits per heavy atom. The topological polar surface area (TPSA) is 89.8 Å². The van der Waals surface area contributed by atoms with Crippen molar-refractivity contribution in [3.8, 4) is 0 Å². The van der Waals surface area contributed by atoms with Gasteiger partial charge in [0, 0.05) is 11.9 Å². The van der Waals surface area contributed by atoms with E-state index in [9.17, 15) is 14.4 Å². The Labute approximate surface area is 216 Å². The monoisotopic (exact) mass is 531 g/mol. The van der Waals surface area contributed by atoms with Crippen molar-refractivity contribution < 1.29 is 19.1 Å². The highest BCUT2D eigenvalue weighted by molar-refractivity contribution is 8.00. The minimum atomic E-state index is -0.379. The number of aromatic nitrogens is 1. The zero-order chi connectivity index (χ0) is 24.9. The lowest BCUT2D eigenvalue weighted by molar-refractivity contribution is -0.115. The maximum Gasteiger partial charge on any atom is 0.341 e. The summed E-state index contributed by atoms with van der Waals surface area (Å²) < 4.78 is 8.27. The molecule has 0 fully saturated rings. The molecule has 1 aliphatic rings. The molecule has 2 aromatic heterocycles. The molecule has 1 N–H and O–H groups in total. The van der Waals surface area contributed by atoms with Gasteiger partial charge in [0.1, 0.15) is 5.00 Å². The Morgan fingerprint density at radius 2 is 1.94 bits per heavy atom. The standard InChI is InChI=1S/C25H29N3O4S3/c1-4-32-24(31)22-16-8-6-5-7-9-18(16)34-23(22)26-20(29)13-33-14-21(30)27-25-28(3)17-11-10-15(2)12-19(17)35-25/h10-12H,4-9,13-14H2,1-3H3,(H,26,29). The van der Waals surface area contributed by atoms with Crippen LogP contribution in [0.5, 0.6) is 0 Å². The molecule has 1 aliphatic carbocycles. The summed E-state index contributed by atoms with van der Waals surface area (Å²) in [5.74, 6) is -0.699. The van der Waals surface area contributed by atoms with Crippen LogP contribution in [0.3, 0.4) is 0 Å². The van der Waals surface area contributed by atoms with Crippen molar-refractivity contribution in [1.29, 1.82) is 0 Å². The van der Waals surface area contributed by atoms with Gasteiger partial charge in [-0.1, -0.05) is 23.8 Å². The second kappa shape index (κ2) is 11.5. The van der Waals surface area contributed by atoms with Crippen LogP contribution in [0.4, 0.5) is 5.00 Å². The van der Waals surface area contributed by atoms with Gasteiger partial charge in [-0.25, -0.2) is 4.79 Å². The number of fused-ring (bicyclic) bond motifs is 2. The van der Waals surface area contributed by atoms with Crippen LogP contribution in [0, 0.1) is 6.92 Å². The highest BCUT2D eigenvalue weighted by atomic mass is 32.2. The van der Waals surface area contributed by atoms with Crippen LogP contribution in [0.1, 0.15) is 52.5 Å². The molecule has 0 aliphatic heterocycles. The van der Waals surface area contributed by atoms with Crippen molar-refractivity contribution in [2.75, 3.05) is 23.4 Å². The van der Waals surface area contributed by atoms with Crippen LogP contribution in [0.2, 0.25) is 0 Å². The number of esters is 1. The molecule has 2 amide bonds. The van der Waals surface area contributed by atoms with E-state index in [-0.39, 0.29) is 35.9 Å². The van der Waals surface area contributed by atoms with E-state index in [0.29, 0.717) is 15.4 Å². The number of nitrogens with one attached hydrogen (secondary N) is 1. The van der Waals surface area contributed by atoms with E-state index in [4.69, 9.17) is 4.74 Å². The second-order valence-corrected chi connectivity index (χ2v) is 11.6. The number of nitrogens with zero attached hydrogens (tertiary/aromatic N) is 2. The van der Waals surface area contributed by atoms with Gasteiger partial charge in [-0.3, -0.25) is 9.59 Å². The van der Waals surface area contributed by atoms with Crippen LogP contribution < -0.4 is 10.1 Å². The van der Waals surface area contributed by atoms with Crippen molar-refractivity contribution in [3.05, 3.63) is 44.6 Å². The van der Waals surface area contributed by atoms with Gasteiger partial charge in [0.15, 0.2) is 4.80 Å². The number of ether oxygens (including phenoxy) is 1. The van der Waals surface area contributed by atoms with E-state index in [2.05, 4.69) is 16.4 Å². The summed E-state index contributed by atoms with van der Waals surface area (Å²) in [6, 6.07) is 6.14. The first-order valence-electron chi connectivity index (χ1n) is 11.7. The molecule has 186 valence electrons. The molecule has 7 nitrogen and oxygen atoms in total. The van der Waals surface area contributed by atoms with Crippen LogP contribution in [0.25, 0.3) is 10.2 Å². The van der Waals surface area contributed by atoms with E-state index in [1.54, 1.807) is 6.92 Å². The van der Waals surface area contributed by atoms with Crippen LogP contribution >= 0.6 is 34.4 Å². The number of benzene rings is 1. The summed E-state index contributed by atoms with van der Waals surface area (Å²) in [5, 5.41) is 3.46. The maximum atomic E-state index is 12.6. The van der Waals surface area contributed by atoms with Crippen molar-refractivity contribution in [2.45, 2.75) is 46.0 Å². The number of hydrogen-bond acceptors (Lipinski definition) is 7. The number of thiophene rings is 1. The molecular formula is C25H29N3O4S3. The van der Waals surface area contributed by atoms with Gasteiger partial charge in [-0.15, -0.1) is 23.1 Å². The van der Waals surface area contributed by atoms with E-state index in [0.717, 1.165) is 58.3 Å². The molecule has 10 heteroatoms. The van der Waals surface area contributed by atoms with E-state index < -0.39 is 0 Å². The first-order chi connectivity index (χ1) is 16.9. The second-order valence-electron chi connectivity index (χ2n) is 8.45. The number of anilines is 1. The van der Waals surface area contributed by atoms with Crippen molar-refractivity contribution in [1.82, 2.24) is 4.57 Å². The highest BCUT2D eigenvalue weighted by Crippen LogP contribution is 2.38. The van der Waals surface area contributed by atoms with Gasteiger partial charge in [0.25, 0.3) is 5.91 Å². The molecule has 2 heterocycles. The number of carbonyl (C=O) groups is 3. The first kappa shape index (κ1) is 25.7. The van der Waals surface area contributed by atoms with E-state index >= 15 is 0 Å². The number of thiazole rings is 1. The number of thioether (sulfide) groups is 1. The molecule has 0 saturated heterocycles. The summed E-state index contributed by atoms with van der Waals surface area (Å²) >= 11 is 4.16. The maximum absolute atomic E-state index is 12.6. The summed E-state index contributed by atoms with van der Waals surface area (Å²) in [4.78, 5) is 43.8. The molecule has 4 rings (SSSR count). The molecule has 0 atom stereocenters. The molecule has 0 unspecified atom stereocenters. The summed E-state index contributed by atoms with van der Waals surface area (Å²) in [6.07, 6.45) is 5.00. The number of rotatable bonds is 7. The molecule has 35 heavy (non-hydrogen) atoms. The fourth-order valence-corrected chi connectivity index (χ4v) is 7.16. The first-order valence-corrected chi connectivity index (χ1v) is 14.5. The van der Waals surface area contributed by atoms with Crippen LogP contribution in [0.15, 0.2) is 23.2 Å². The van der Waals surface area contributed by atoms with Gasteiger partial charge >= 0.3 is 5.97 Å². The Morgan fingerprint density at radius 3 is 2.74 bits per heavy atom. The lowest BCUT2D eigenvalue weighted by atomic mass is 10.1. The lowest BCUT2D eigenvalue weighted by Crippen LogP contribution is -2.18. The smallest absolute Gasteiger partial charge is 0.341 e. The van der Waals surface area contributed by atoms with Crippen LogP contribution in [-0.4, -0.2) is 40.5 Å². The summed E-state index contributed by atoms with van der Waals surface area (Å²) in [7, 11) is 1.89. The zero-order valence-corrected chi connectivity index (χ0v) is 22.6. The van der Waals surface area contributed by atoms with E-state index in [1.807, 2.05) is 30.7 Å². The molecule has 0 saturated carbocycles. The van der Waals surface area contributed by atoms with Crippen molar-refractivity contribution in [3.63, 3.8) is 0 Å². The fraction of sp³-hybridized carbons (Fsp3) is 0.440. The molecule has 3 aromatic rings. The van der Waals surface area contributed by atoms with Crippen LogP contribution in [-0.2, 0) is 34.2 Å². The van der Waals surface area contributed by atoms with Gasteiger partial charge in [-0.05, 0) is 62.8 Å². The minimum Gasteiger partial charge on any atom is -0.462 e. The number of aryl methyl sites for hydroxylation is 3. The molecule has 1 aromatic carbocycles. The van der Waals surface area contributed by atoms with Gasteiger partial charge in [0.05, 0.1) is 33.9 Å². The third-order valence-corrected chi connectivity index (χ3v) is 9.02. The van der Waals surface area contributed by atoms with Crippen molar-refractivity contribution in [2.24, 2.45) is 12.0 Å². The summed E-state index contributed by atoms with van der Waals surface area (Å²) in [6.45, 7) is 4.10. The number of carbonyl (C=O) groups excluding carboxylic acids is 3. The third kappa shape index (κ3) is 6.05. The lowest BCUT2D eigenvalue weighted by Gasteiger charge is -2.08. The highest BCUT2D eigenvalue weighted by Gasteiger charge is 2.26. The largest absolute Gasteiger partial charge is 0.462 e. The summed E-state index contributed by atoms with van der Waals surface area (Å²) in [5.41, 5.74) is 3.72. The normalized spacial score (nSPS) is 14.0. The predicted molar refractivity (Wildman–Crippen MR) is 144 cm³/mol. The zero-order valence-electron chi connectivity index (χ0n) is 20.1. The quantitative estimate of drug-likeness (QED) is 0.348. The average molecular weight is 532 g/mol. The minimum absolute atomic E-state index is 0.101. The Balaban J connectivity index is 1.39. The molecule has 0 bridgehead atoms. The van der Waals surface area contributed by atoms with E-state index in [1.165, 1.54) is 34.4 Å². The molecule has 0 radical (unpaired) electrons.